The Balaban J connectivity index is 3.37. The normalized spacial score (nSPS) is 14.0. The molecule has 192 valence electrons. The summed E-state index contributed by atoms with van der Waals surface area (Å²) in [7, 11) is 0. The van der Waals surface area contributed by atoms with E-state index in [1.165, 1.54) is 12.1 Å². The molecule has 0 fully saturated rings. The average molecular weight is 482 g/mol. The molecule has 0 radical (unpaired) electrons. The van der Waals surface area contributed by atoms with Crippen molar-refractivity contribution in [1.29, 1.82) is 0 Å². The van der Waals surface area contributed by atoms with Gasteiger partial charge in [-0.15, -0.1) is 0 Å². The molecule has 0 heterocycles. The third-order valence-electron chi connectivity index (χ3n) is 5.00. The highest BCUT2D eigenvalue weighted by Crippen LogP contribution is 2.27. The number of hydrogen-bond donors (Lipinski definition) is 5. The van der Waals surface area contributed by atoms with Crippen LogP contribution >= 0.6 is 0 Å². The molecule has 1 aromatic rings. The highest BCUT2D eigenvalue weighted by Gasteiger charge is 2.36. The number of phenols is 1. The number of aliphatic hydroxyl groups is 2. The van der Waals surface area contributed by atoms with Gasteiger partial charge in [0.1, 0.15) is 23.4 Å². The summed E-state index contributed by atoms with van der Waals surface area (Å²) in [5.74, 6) is -1.22. The molecule has 0 aliphatic carbocycles. The highest BCUT2D eigenvalue weighted by atomic mass is 16.6. The Bertz CT molecular complexity index is 838. The van der Waals surface area contributed by atoms with Crippen molar-refractivity contribution in [2.45, 2.75) is 78.1 Å². The van der Waals surface area contributed by atoms with Gasteiger partial charge in [-0.25, -0.2) is 4.79 Å². The summed E-state index contributed by atoms with van der Waals surface area (Å²) in [6, 6.07) is 1.78. The number of aryl methyl sites for hydroxylation is 1. The molecule has 3 atom stereocenters. The summed E-state index contributed by atoms with van der Waals surface area (Å²) >= 11 is 0. The van der Waals surface area contributed by atoms with Gasteiger partial charge in [0, 0.05) is 12.6 Å². The molecule has 0 aliphatic heterocycles. The topological polar surface area (TPSA) is 148 Å². The zero-order chi connectivity index (χ0) is 26.1. The lowest BCUT2D eigenvalue weighted by Gasteiger charge is -2.34. The molecule has 10 heteroatoms. The molecule has 34 heavy (non-hydrogen) atoms. The number of aromatic hydroxyl groups is 1. The van der Waals surface area contributed by atoms with Crippen LogP contribution in [0.1, 0.15) is 64.6 Å². The van der Waals surface area contributed by atoms with Crippen LogP contribution < -0.4 is 10.6 Å². The molecule has 0 bridgehead atoms. The summed E-state index contributed by atoms with van der Waals surface area (Å²) in [6.45, 7) is 9.04. The Morgan fingerprint density at radius 1 is 1.15 bits per heavy atom. The predicted octanol–water partition coefficient (Wildman–Crippen LogP) is 1.75. The fourth-order valence-electron chi connectivity index (χ4n) is 3.46. The largest absolute Gasteiger partial charge is 0.508 e. The van der Waals surface area contributed by atoms with Crippen LogP contribution in [0.4, 0.5) is 4.79 Å². The lowest BCUT2D eigenvalue weighted by molar-refractivity contribution is -0.144. The van der Waals surface area contributed by atoms with Crippen LogP contribution in [0, 0.1) is 6.92 Å². The van der Waals surface area contributed by atoms with E-state index in [0.29, 0.717) is 11.1 Å². The summed E-state index contributed by atoms with van der Waals surface area (Å²) in [5, 5.41) is 34.7. The number of hydrogen-bond acceptors (Lipinski definition) is 7. The number of nitrogens with zero attached hydrogens (tertiary/aromatic N) is 1. The van der Waals surface area contributed by atoms with Crippen LogP contribution in [0.25, 0.3) is 0 Å². The summed E-state index contributed by atoms with van der Waals surface area (Å²) in [4.78, 5) is 40.1. The Kier molecular flexibility index (Phi) is 11.3. The number of nitrogens with one attached hydrogen (secondary N) is 2. The van der Waals surface area contributed by atoms with Gasteiger partial charge in [0.25, 0.3) is 0 Å². The Labute approximate surface area is 201 Å². The minimum Gasteiger partial charge on any atom is -0.508 e. The third kappa shape index (κ3) is 8.83. The molecule has 0 spiro atoms. The van der Waals surface area contributed by atoms with Crippen LogP contribution in [0.15, 0.2) is 18.2 Å². The van der Waals surface area contributed by atoms with Gasteiger partial charge in [-0.05, 0) is 64.3 Å². The lowest BCUT2D eigenvalue weighted by Crippen LogP contribution is -2.55. The first kappa shape index (κ1) is 29.2. The van der Waals surface area contributed by atoms with Gasteiger partial charge in [0.2, 0.25) is 11.8 Å². The first-order chi connectivity index (χ1) is 15.8. The molecular formula is C24H39N3O7. The highest BCUT2D eigenvalue weighted by molar-refractivity contribution is 5.92. The Morgan fingerprint density at radius 3 is 2.29 bits per heavy atom. The van der Waals surface area contributed by atoms with Crippen molar-refractivity contribution in [3.63, 3.8) is 0 Å². The molecule has 0 aromatic heterocycles. The first-order valence-corrected chi connectivity index (χ1v) is 11.5. The van der Waals surface area contributed by atoms with E-state index in [2.05, 4.69) is 10.6 Å². The van der Waals surface area contributed by atoms with Crippen molar-refractivity contribution >= 4 is 17.9 Å². The number of carbonyl (C=O) groups excluding carboxylic acids is 3. The van der Waals surface area contributed by atoms with E-state index in [9.17, 15) is 29.7 Å². The fraction of sp³-hybridized carbons (Fsp3) is 0.625. The number of phenolic OH excluding ortho intramolecular Hbond substituents is 1. The minimum atomic E-state index is -1.40. The van der Waals surface area contributed by atoms with Gasteiger partial charge >= 0.3 is 6.09 Å². The number of alkyl carbamates (subject to hydrolysis) is 1. The quantitative estimate of drug-likeness (QED) is 0.323. The molecule has 10 nitrogen and oxygen atoms in total. The molecule has 1 rings (SSSR count). The van der Waals surface area contributed by atoms with E-state index in [4.69, 9.17) is 4.74 Å². The maximum absolute atomic E-state index is 13.4. The molecule has 0 aliphatic rings. The number of rotatable bonds is 11. The number of carbonyl (C=O) groups is 3. The Hall–Kier alpha value is -2.85. The maximum atomic E-state index is 13.4. The molecule has 5 N–H and O–H groups in total. The molecule has 3 amide bonds. The van der Waals surface area contributed by atoms with E-state index >= 15 is 0 Å². The summed E-state index contributed by atoms with van der Waals surface area (Å²) < 4.78 is 5.17. The molecule has 1 aromatic carbocycles. The zero-order valence-corrected chi connectivity index (χ0v) is 20.9. The fourth-order valence-corrected chi connectivity index (χ4v) is 3.46. The van der Waals surface area contributed by atoms with Gasteiger partial charge in [0.15, 0.2) is 0 Å². The molecule has 0 saturated heterocycles. The molecule has 0 saturated carbocycles. The van der Waals surface area contributed by atoms with E-state index in [1.54, 1.807) is 33.8 Å². The van der Waals surface area contributed by atoms with E-state index in [-0.39, 0.29) is 18.3 Å². The van der Waals surface area contributed by atoms with Gasteiger partial charge in [-0.1, -0.05) is 19.4 Å². The zero-order valence-electron chi connectivity index (χ0n) is 20.9. The third-order valence-corrected chi connectivity index (χ3v) is 5.00. The van der Waals surface area contributed by atoms with Crippen molar-refractivity contribution in [2.75, 3.05) is 19.8 Å². The van der Waals surface area contributed by atoms with Crippen molar-refractivity contribution < 1.29 is 34.4 Å². The predicted molar refractivity (Wildman–Crippen MR) is 127 cm³/mol. The first-order valence-electron chi connectivity index (χ1n) is 11.5. The van der Waals surface area contributed by atoms with E-state index in [1.807, 2.05) is 13.8 Å². The van der Waals surface area contributed by atoms with Crippen molar-refractivity contribution in [3.8, 4) is 5.75 Å². The smallest absolute Gasteiger partial charge is 0.408 e. The van der Waals surface area contributed by atoms with Crippen LogP contribution in [-0.4, -0.2) is 75.6 Å². The standard InChI is InChI=1S/C24H39N3O7/c1-7-8-16(3)25-21(31)20(17-9-10-19(30)15(2)13-17)27(11-12-28)22(32)18(14-29)26-23(33)34-24(4,5)6/h9-10,13,16,18,20,28-30H,7-8,11-12,14H2,1-6H3,(H,25,31)(H,26,33). The second-order valence-electron chi connectivity index (χ2n) is 9.28. The van der Waals surface area contributed by atoms with Crippen molar-refractivity contribution in [1.82, 2.24) is 15.5 Å². The second kappa shape index (κ2) is 13.1. The molecule has 3 unspecified atom stereocenters. The Morgan fingerprint density at radius 2 is 1.79 bits per heavy atom. The number of ether oxygens (including phenoxy) is 1. The van der Waals surface area contributed by atoms with Gasteiger partial charge < -0.3 is 35.6 Å². The van der Waals surface area contributed by atoms with Gasteiger partial charge in [-0.3, -0.25) is 9.59 Å². The summed E-state index contributed by atoms with van der Waals surface area (Å²) in [6.07, 6.45) is 0.665. The number of amides is 3. The second-order valence-corrected chi connectivity index (χ2v) is 9.28. The minimum absolute atomic E-state index is 0.0297. The number of benzene rings is 1. The molecular weight excluding hydrogens is 442 g/mol. The van der Waals surface area contributed by atoms with E-state index in [0.717, 1.165) is 17.7 Å². The van der Waals surface area contributed by atoms with Gasteiger partial charge in [0.05, 0.1) is 13.2 Å². The van der Waals surface area contributed by atoms with Crippen LogP contribution in [0.2, 0.25) is 0 Å². The summed E-state index contributed by atoms with van der Waals surface area (Å²) in [5.41, 5.74) is 0.0884. The van der Waals surface area contributed by atoms with E-state index < -0.39 is 48.8 Å². The SMILES string of the molecule is CCCC(C)NC(=O)C(c1ccc(O)c(C)c1)N(CCO)C(=O)C(CO)NC(=O)OC(C)(C)C. The average Bonchev–Trinajstić information content (AvgIpc) is 2.72. The van der Waals surface area contributed by atoms with Crippen LogP contribution in [0.5, 0.6) is 5.75 Å². The monoisotopic (exact) mass is 481 g/mol. The maximum Gasteiger partial charge on any atom is 0.408 e. The van der Waals surface area contributed by atoms with Gasteiger partial charge in [-0.2, -0.15) is 0 Å². The number of aliphatic hydroxyl groups excluding tert-OH is 2. The van der Waals surface area contributed by atoms with Crippen molar-refractivity contribution in [2.24, 2.45) is 0 Å². The lowest BCUT2D eigenvalue weighted by atomic mass is 9.99. The van der Waals surface area contributed by atoms with Crippen LogP contribution in [0.3, 0.4) is 0 Å². The van der Waals surface area contributed by atoms with Crippen LogP contribution in [-0.2, 0) is 14.3 Å². The van der Waals surface area contributed by atoms with Crippen molar-refractivity contribution in [3.05, 3.63) is 29.3 Å².